The van der Waals surface area contributed by atoms with Crippen LogP contribution in [0.2, 0.25) is 0 Å². The number of nitrogens with zero attached hydrogens (tertiary/aromatic N) is 3. The first-order chi connectivity index (χ1) is 7.79. The van der Waals surface area contributed by atoms with Crippen molar-refractivity contribution in [2.24, 2.45) is 0 Å². The van der Waals surface area contributed by atoms with E-state index in [0.717, 1.165) is 17.2 Å². The third-order valence-electron chi connectivity index (χ3n) is 1.92. The lowest BCUT2D eigenvalue weighted by Crippen LogP contribution is -2.02. The van der Waals surface area contributed by atoms with E-state index in [1.165, 1.54) is 11.8 Å². The van der Waals surface area contributed by atoms with Crippen LogP contribution in [0.4, 0.5) is 0 Å². The van der Waals surface area contributed by atoms with E-state index in [2.05, 4.69) is 14.8 Å². The summed E-state index contributed by atoms with van der Waals surface area (Å²) >= 11 is 1.28. The van der Waals surface area contributed by atoms with Crippen molar-refractivity contribution in [3.8, 4) is 0 Å². The van der Waals surface area contributed by atoms with Crippen LogP contribution in [-0.2, 0) is 4.79 Å². The van der Waals surface area contributed by atoms with Gasteiger partial charge in [0.05, 0.1) is 16.8 Å². The van der Waals surface area contributed by atoms with Gasteiger partial charge in [-0.25, -0.2) is 4.98 Å². The zero-order valence-electron chi connectivity index (χ0n) is 8.25. The molecule has 0 aliphatic heterocycles. The van der Waals surface area contributed by atoms with E-state index >= 15 is 0 Å². The van der Waals surface area contributed by atoms with Crippen LogP contribution in [0.1, 0.15) is 0 Å². The highest BCUT2D eigenvalue weighted by Gasteiger charge is 2.07. The number of Topliss-reactive ketones (excluding diaryl/α,β-unsaturated/α-hetero) is 1. The number of rotatable bonds is 4. The summed E-state index contributed by atoms with van der Waals surface area (Å²) in [4.78, 5) is 21.1. The lowest BCUT2D eigenvalue weighted by atomic mass is 10.3. The maximum Gasteiger partial charge on any atom is 0.324 e. The molecule has 6 heteroatoms. The van der Waals surface area contributed by atoms with Gasteiger partial charge < -0.3 is 10.5 Å². The first-order valence-electron chi connectivity index (χ1n) is 4.57. The smallest absolute Gasteiger partial charge is 0.324 e. The number of aromatic nitrogens is 2. The van der Waals surface area contributed by atoms with E-state index in [1.54, 1.807) is 0 Å². The molecular weight excluding hydrogens is 224 g/mol. The summed E-state index contributed by atoms with van der Waals surface area (Å²) in [6.07, 6.45) is 0.885. The topological polar surface area (TPSA) is 82.2 Å². The van der Waals surface area contributed by atoms with Crippen LogP contribution in [-0.4, -0.2) is 32.5 Å². The standard InChI is InChI=1S/C10H8N4OS/c11-12-5-7(15)6-16-10-13-8-3-1-2-4-9(8)14-10/h1-5H,6H2,(H,13,14). The van der Waals surface area contributed by atoms with Crippen LogP contribution in [0.3, 0.4) is 0 Å². The van der Waals surface area contributed by atoms with Crippen molar-refractivity contribution in [2.45, 2.75) is 5.16 Å². The molecule has 0 amide bonds. The van der Waals surface area contributed by atoms with Crippen LogP contribution in [0.15, 0.2) is 29.4 Å². The molecule has 0 unspecified atom stereocenters. The third kappa shape index (κ3) is 2.36. The van der Waals surface area contributed by atoms with Gasteiger partial charge in [-0.2, -0.15) is 4.79 Å². The van der Waals surface area contributed by atoms with Crippen LogP contribution in [0, 0.1) is 0 Å². The fourth-order valence-corrected chi connectivity index (χ4v) is 1.94. The number of nitrogens with one attached hydrogen (secondary N) is 1. The van der Waals surface area contributed by atoms with Gasteiger partial charge in [-0.3, -0.25) is 4.79 Å². The van der Waals surface area contributed by atoms with Gasteiger partial charge in [-0.1, -0.05) is 23.9 Å². The Hall–Kier alpha value is -1.91. The number of para-hydroxylation sites is 2. The van der Waals surface area contributed by atoms with Gasteiger partial charge in [0.1, 0.15) is 0 Å². The summed E-state index contributed by atoms with van der Waals surface area (Å²) in [7, 11) is 0. The monoisotopic (exact) mass is 232 g/mol. The van der Waals surface area contributed by atoms with Gasteiger partial charge >= 0.3 is 6.21 Å². The van der Waals surface area contributed by atoms with Crippen molar-refractivity contribution in [1.29, 1.82) is 0 Å². The largest absolute Gasteiger partial charge is 0.361 e. The van der Waals surface area contributed by atoms with Gasteiger partial charge in [-0.15, -0.1) is 0 Å². The van der Waals surface area contributed by atoms with Crippen LogP contribution in [0.5, 0.6) is 0 Å². The van der Waals surface area contributed by atoms with E-state index < -0.39 is 0 Å². The van der Waals surface area contributed by atoms with Crippen molar-refractivity contribution < 1.29 is 9.58 Å². The Bertz CT molecular complexity index is 538. The lowest BCUT2D eigenvalue weighted by molar-refractivity contribution is -0.113. The molecule has 1 aromatic carbocycles. The molecule has 0 radical (unpaired) electrons. The summed E-state index contributed by atoms with van der Waals surface area (Å²) in [6, 6.07) is 7.63. The van der Waals surface area contributed by atoms with Gasteiger partial charge in [0.15, 0.2) is 5.16 Å². The highest BCUT2D eigenvalue weighted by molar-refractivity contribution is 7.99. The van der Waals surface area contributed by atoms with Crippen LogP contribution >= 0.6 is 11.8 Å². The molecule has 0 saturated carbocycles. The molecule has 0 spiro atoms. The van der Waals surface area contributed by atoms with Crippen molar-refractivity contribution in [3.05, 3.63) is 29.8 Å². The Morgan fingerprint density at radius 3 is 3.12 bits per heavy atom. The number of aromatic amines is 1. The van der Waals surface area contributed by atoms with Gasteiger partial charge in [-0.05, 0) is 12.1 Å². The number of ketones is 1. The molecule has 16 heavy (non-hydrogen) atoms. The number of H-pyrrole nitrogens is 1. The summed E-state index contributed by atoms with van der Waals surface area (Å²) in [5.74, 6) is -0.0582. The molecule has 2 aromatic rings. The first-order valence-corrected chi connectivity index (χ1v) is 5.56. The molecule has 80 valence electrons. The number of imidazole rings is 1. The Morgan fingerprint density at radius 2 is 2.38 bits per heavy atom. The second-order valence-corrected chi connectivity index (χ2v) is 4.02. The average molecular weight is 232 g/mol. The number of hydrogen-bond donors (Lipinski definition) is 1. The summed E-state index contributed by atoms with van der Waals surface area (Å²) in [5, 5.41) is 0.681. The van der Waals surface area contributed by atoms with E-state index in [-0.39, 0.29) is 11.5 Å². The molecule has 1 heterocycles. The molecule has 0 aliphatic rings. The highest BCUT2D eigenvalue weighted by atomic mass is 32.2. The summed E-state index contributed by atoms with van der Waals surface area (Å²) in [5.41, 5.74) is 9.97. The normalized spacial score (nSPS) is 10.0. The van der Waals surface area contributed by atoms with E-state index in [1.807, 2.05) is 24.3 Å². The summed E-state index contributed by atoms with van der Waals surface area (Å²) in [6.45, 7) is 0. The van der Waals surface area contributed by atoms with E-state index in [4.69, 9.17) is 5.53 Å². The Morgan fingerprint density at radius 1 is 1.56 bits per heavy atom. The maximum absolute atomic E-state index is 11.1. The van der Waals surface area contributed by atoms with Crippen LogP contribution in [0.25, 0.3) is 16.6 Å². The number of carbonyl (C=O) groups is 1. The van der Waals surface area contributed by atoms with Crippen molar-refractivity contribution in [1.82, 2.24) is 9.97 Å². The quantitative estimate of drug-likeness (QED) is 0.375. The predicted molar refractivity (Wildman–Crippen MR) is 61.5 cm³/mol. The number of hydrogen-bond acceptors (Lipinski definition) is 3. The van der Waals surface area contributed by atoms with Crippen molar-refractivity contribution in [3.63, 3.8) is 0 Å². The number of benzene rings is 1. The molecule has 5 nitrogen and oxygen atoms in total. The minimum absolute atomic E-state index is 0.198. The maximum atomic E-state index is 11.1. The zero-order chi connectivity index (χ0) is 11.4. The molecule has 0 fully saturated rings. The second kappa shape index (κ2) is 4.74. The average Bonchev–Trinajstić information content (AvgIpc) is 2.69. The number of fused-ring (bicyclic) bond motifs is 1. The molecule has 0 aliphatic carbocycles. The Kier molecular flexibility index (Phi) is 3.14. The van der Waals surface area contributed by atoms with Gasteiger partial charge in [0.2, 0.25) is 5.78 Å². The second-order valence-electron chi connectivity index (χ2n) is 3.06. The van der Waals surface area contributed by atoms with Crippen LogP contribution < -0.4 is 0 Å². The lowest BCUT2D eigenvalue weighted by Gasteiger charge is -1.89. The Balaban J connectivity index is 2.10. The number of carbonyl (C=O) groups excluding carboxylic acids is 1. The molecular formula is C10H8N4OS. The molecule has 1 aromatic heterocycles. The predicted octanol–water partition coefficient (Wildman–Crippen LogP) is 1.52. The fourth-order valence-electron chi connectivity index (χ4n) is 1.24. The summed E-state index contributed by atoms with van der Waals surface area (Å²) < 4.78 is 0. The highest BCUT2D eigenvalue weighted by Crippen LogP contribution is 2.18. The fraction of sp³-hybridized carbons (Fsp3) is 0.100. The van der Waals surface area contributed by atoms with E-state index in [9.17, 15) is 4.79 Å². The molecule has 2 rings (SSSR count). The molecule has 0 atom stereocenters. The number of thioether (sulfide) groups is 1. The van der Waals surface area contributed by atoms with Gasteiger partial charge in [0.25, 0.3) is 0 Å². The minimum Gasteiger partial charge on any atom is -0.361 e. The Labute approximate surface area is 95.5 Å². The first kappa shape index (κ1) is 10.6. The zero-order valence-corrected chi connectivity index (χ0v) is 9.07. The molecule has 0 saturated heterocycles. The van der Waals surface area contributed by atoms with E-state index in [0.29, 0.717) is 5.16 Å². The van der Waals surface area contributed by atoms with Crippen molar-refractivity contribution in [2.75, 3.05) is 5.75 Å². The minimum atomic E-state index is -0.257. The van der Waals surface area contributed by atoms with Crippen molar-refractivity contribution >= 4 is 34.8 Å². The molecule has 0 bridgehead atoms. The molecule has 1 N–H and O–H groups in total. The third-order valence-corrected chi connectivity index (χ3v) is 2.82. The SMILES string of the molecule is [N-]=[N+]=CC(=O)CSc1nc2ccccc2[nH]1. The van der Waals surface area contributed by atoms with Gasteiger partial charge in [0, 0.05) is 0 Å².